The molecule has 1 fully saturated rings. The molecule has 1 aromatic rings. The van der Waals surface area contributed by atoms with E-state index in [1.807, 2.05) is 0 Å². The first-order valence-electron chi connectivity index (χ1n) is 5.83. The summed E-state index contributed by atoms with van der Waals surface area (Å²) in [5.41, 5.74) is 0. The molecule has 88 valence electrons. The van der Waals surface area contributed by atoms with E-state index in [-0.39, 0.29) is 5.82 Å². The van der Waals surface area contributed by atoms with Crippen LogP contribution in [0.5, 0.6) is 0 Å². The zero-order valence-electron chi connectivity index (χ0n) is 9.50. The number of rotatable bonds is 3. The molecule has 1 heterocycles. The molecule has 0 spiro atoms. The van der Waals surface area contributed by atoms with E-state index < -0.39 is 4.92 Å². The number of nitrogens with zero attached hydrogens (tertiary/aromatic N) is 3. The molecule has 1 aliphatic carbocycles. The zero-order chi connectivity index (χ0) is 11.5. The average molecular weight is 223 g/mol. The Morgan fingerprint density at radius 1 is 1.50 bits per heavy atom. The third-order valence-corrected chi connectivity index (χ3v) is 3.39. The van der Waals surface area contributed by atoms with Gasteiger partial charge in [0.25, 0.3) is 0 Å². The lowest BCUT2D eigenvalue weighted by molar-refractivity contribution is -0.389. The average Bonchev–Trinajstić information content (AvgIpc) is 2.70. The van der Waals surface area contributed by atoms with Crippen LogP contribution in [0.2, 0.25) is 0 Å². The van der Waals surface area contributed by atoms with Crippen molar-refractivity contribution in [1.82, 2.24) is 9.78 Å². The summed E-state index contributed by atoms with van der Waals surface area (Å²) < 4.78 is 1.71. The van der Waals surface area contributed by atoms with E-state index in [2.05, 4.69) is 12.0 Å². The van der Waals surface area contributed by atoms with Gasteiger partial charge in [0, 0.05) is 0 Å². The van der Waals surface area contributed by atoms with Crippen LogP contribution < -0.4 is 0 Å². The standard InChI is InChI=1S/C11H17N3O2/c1-9-2-4-10(5-3-9)8-13-7-6-11(12-13)14(15)16/h6-7,9-10H,2-5,8H2,1H3. The summed E-state index contributed by atoms with van der Waals surface area (Å²) in [6.45, 7) is 3.11. The summed E-state index contributed by atoms with van der Waals surface area (Å²) in [4.78, 5) is 10.0. The molecule has 0 radical (unpaired) electrons. The topological polar surface area (TPSA) is 61.0 Å². The highest BCUT2D eigenvalue weighted by Crippen LogP contribution is 2.29. The molecule has 0 aromatic carbocycles. The van der Waals surface area contributed by atoms with Gasteiger partial charge in [0.2, 0.25) is 0 Å². The highest BCUT2D eigenvalue weighted by molar-refractivity contribution is 5.13. The summed E-state index contributed by atoms with van der Waals surface area (Å²) in [7, 11) is 0. The first-order valence-corrected chi connectivity index (χ1v) is 5.83. The van der Waals surface area contributed by atoms with Gasteiger partial charge in [-0.3, -0.25) is 0 Å². The number of aromatic nitrogens is 2. The molecule has 1 aliphatic rings. The Morgan fingerprint density at radius 3 is 2.75 bits per heavy atom. The van der Waals surface area contributed by atoms with Gasteiger partial charge in [-0.25, -0.2) is 0 Å². The monoisotopic (exact) mass is 223 g/mol. The fraction of sp³-hybridized carbons (Fsp3) is 0.727. The Morgan fingerprint density at radius 2 is 2.19 bits per heavy atom. The van der Waals surface area contributed by atoms with Gasteiger partial charge >= 0.3 is 5.82 Å². The van der Waals surface area contributed by atoms with E-state index >= 15 is 0 Å². The van der Waals surface area contributed by atoms with Crippen LogP contribution >= 0.6 is 0 Å². The van der Waals surface area contributed by atoms with Crippen LogP contribution in [0, 0.1) is 22.0 Å². The first kappa shape index (κ1) is 11.1. The second kappa shape index (κ2) is 4.63. The van der Waals surface area contributed by atoms with Crippen LogP contribution in [0.4, 0.5) is 5.82 Å². The fourth-order valence-corrected chi connectivity index (χ4v) is 2.33. The Balaban J connectivity index is 1.91. The number of hydrogen-bond acceptors (Lipinski definition) is 3. The zero-order valence-corrected chi connectivity index (χ0v) is 9.50. The molecule has 0 unspecified atom stereocenters. The van der Waals surface area contributed by atoms with Gasteiger partial charge in [0.1, 0.15) is 0 Å². The predicted octanol–water partition coefficient (Wildman–Crippen LogP) is 2.62. The van der Waals surface area contributed by atoms with Gasteiger partial charge in [-0.2, -0.15) is 4.68 Å². The second-order valence-electron chi connectivity index (χ2n) is 4.78. The van der Waals surface area contributed by atoms with Gasteiger partial charge in [0.05, 0.1) is 23.9 Å². The lowest BCUT2D eigenvalue weighted by atomic mass is 9.83. The van der Waals surface area contributed by atoms with Crippen LogP contribution in [0.25, 0.3) is 0 Å². The van der Waals surface area contributed by atoms with Crippen molar-refractivity contribution in [2.24, 2.45) is 11.8 Å². The van der Waals surface area contributed by atoms with Crippen molar-refractivity contribution in [2.75, 3.05) is 0 Å². The maximum Gasteiger partial charge on any atom is 0.389 e. The SMILES string of the molecule is CC1CCC(Cn2ccc([N+](=O)[O-])n2)CC1. The molecular weight excluding hydrogens is 206 g/mol. The van der Waals surface area contributed by atoms with E-state index in [0.29, 0.717) is 5.92 Å². The van der Waals surface area contributed by atoms with Crippen molar-refractivity contribution >= 4 is 5.82 Å². The van der Waals surface area contributed by atoms with Crippen LogP contribution in [-0.2, 0) is 6.54 Å². The molecule has 0 aliphatic heterocycles. The van der Waals surface area contributed by atoms with E-state index in [1.165, 1.54) is 31.7 Å². The van der Waals surface area contributed by atoms with E-state index in [9.17, 15) is 10.1 Å². The van der Waals surface area contributed by atoms with Crippen LogP contribution in [0.3, 0.4) is 0 Å². The fourth-order valence-electron chi connectivity index (χ4n) is 2.33. The molecule has 0 N–H and O–H groups in total. The van der Waals surface area contributed by atoms with Gasteiger partial charge in [-0.15, -0.1) is 0 Å². The van der Waals surface area contributed by atoms with Crippen LogP contribution in [-0.4, -0.2) is 14.7 Å². The highest BCUT2D eigenvalue weighted by Gasteiger charge is 2.20. The van der Waals surface area contributed by atoms with Crippen LogP contribution in [0.1, 0.15) is 32.6 Å². The van der Waals surface area contributed by atoms with E-state index in [0.717, 1.165) is 12.5 Å². The van der Waals surface area contributed by atoms with Crippen molar-refractivity contribution < 1.29 is 4.92 Å². The van der Waals surface area contributed by atoms with Crippen LogP contribution in [0.15, 0.2) is 12.3 Å². The van der Waals surface area contributed by atoms with Crippen molar-refractivity contribution in [3.63, 3.8) is 0 Å². The molecule has 0 atom stereocenters. The van der Waals surface area contributed by atoms with Crippen molar-refractivity contribution in [1.29, 1.82) is 0 Å². The lowest BCUT2D eigenvalue weighted by Crippen LogP contribution is -2.18. The summed E-state index contributed by atoms with van der Waals surface area (Å²) in [6.07, 6.45) is 6.68. The Bertz CT molecular complexity index is 367. The predicted molar refractivity (Wildman–Crippen MR) is 60.0 cm³/mol. The van der Waals surface area contributed by atoms with Crippen molar-refractivity contribution in [3.8, 4) is 0 Å². The van der Waals surface area contributed by atoms with Gasteiger partial charge in [-0.05, 0) is 29.6 Å². The molecule has 0 saturated heterocycles. The molecule has 5 heteroatoms. The molecule has 16 heavy (non-hydrogen) atoms. The maximum absolute atomic E-state index is 10.5. The molecule has 5 nitrogen and oxygen atoms in total. The summed E-state index contributed by atoms with van der Waals surface area (Å²) in [5, 5.41) is 14.4. The Kier molecular flexibility index (Phi) is 3.22. The lowest BCUT2D eigenvalue weighted by Gasteiger charge is -2.25. The second-order valence-corrected chi connectivity index (χ2v) is 4.78. The summed E-state index contributed by atoms with van der Waals surface area (Å²) in [5.74, 6) is 1.42. The van der Waals surface area contributed by atoms with Gasteiger partial charge < -0.3 is 10.1 Å². The maximum atomic E-state index is 10.5. The number of nitro groups is 1. The Labute approximate surface area is 94.6 Å². The van der Waals surface area contributed by atoms with Gasteiger partial charge in [-0.1, -0.05) is 19.8 Å². The van der Waals surface area contributed by atoms with E-state index in [1.54, 1.807) is 10.9 Å². The normalized spacial score (nSPS) is 25.6. The largest absolute Gasteiger partial charge is 0.389 e. The minimum Gasteiger partial charge on any atom is -0.358 e. The quantitative estimate of drug-likeness (QED) is 0.584. The van der Waals surface area contributed by atoms with Gasteiger partial charge in [0.15, 0.2) is 0 Å². The Hall–Kier alpha value is -1.39. The molecule has 0 amide bonds. The smallest absolute Gasteiger partial charge is 0.358 e. The van der Waals surface area contributed by atoms with E-state index in [4.69, 9.17) is 0 Å². The third kappa shape index (κ3) is 2.59. The summed E-state index contributed by atoms with van der Waals surface area (Å²) in [6, 6.07) is 1.46. The molecule has 0 bridgehead atoms. The third-order valence-electron chi connectivity index (χ3n) is 3.39. The minimum atomic E-state index is -0.445. The summed E-state index contributed by atoms with van der Waals surface area (Å²) >= 11 is 0. The van der Waals surface area contributed by atoms with Crippen molar-refractivity contribution in [2.45, 2.75) is 39.2 Å². The molecular formula is C11H17N3O2. The minimum absolute atomic E-state index is 0.0517. The molecule has 2 rings (SSSR count). The van der Waals surface area contributed by atoms with Crippen molar-refractivity contribution in [3.05, 3.63) is 22.4 Å². The first-order chi connectivity index (χ1) is 7.65. The highest BCUT2D eigenvalue weighted by atomic mass is 16.6. The molecule has 1 aromatic heterocycles. The molecule has 1 saturated carbocycles. The number of hydrogen-bond donors (Lipinski definition) is 0.